The number of aliphatic carboxylic acids is 1. The average Bonchev–Trinajstić information content (AvgIpc) is 2.17. The molecule has 0 aliphatic rings. The minimum atomic E-state index is -2.37. The fraction of sp³-hybridized carbons (Fsp3) is 0.222. The summed E-state index contributed by atoms with van der Waals surface area (Å²) in [5.74, 6) is -2.88. The highest BCUT2D eigenvalue weighted by Gasteiger charge is 2.23. The Morgan fingerprint density at radius 2 is 2.21 bits per heavy atom. The number of carboxylic acids is 1. The van der Waals surface area contributed by atoms with Crippen molar-refractivity contribution < 1.29 is 23.4 Å². The van der Waals surface area contributed by atoms with Gasteiger partial charge in [-0.25, -0.2) is 13.6 Å². The monoisotopic (exact) mass is 202 g/mol. The van der Waals surface area contributed by atoms with Crippen molar-refractivity contribution in [3.8, 4) is 5.75 Å². The van der Waals surface area contributed by atoms with E-state index in [9.17, 15) is 13.6 Å². The van der Waals surface area contributed by atoms with Crippen molar-refractivity contribution in [3.63, 3.8) is 0 Å². The predicted octanol–water partition coefficient (Wildman–Crippen LogP) is 1.93. The van der Waals surface area contributed by atoms with Crippen molar-refractivity contribution in [3.05, 3.63) is 29.6 Å². The fourth-order valence-corrected chi connectivity index (χ4v) is 1.01. The van der Waals surface area contributed by atoms with Crippen molar-refractivity contribution >= 4 is 5.97 Å². The van der Waals surface area contributed by atoms with E-state index >= 15 is 0 Å². The summed E-state index contributed by atoms with van der Waals surface area (Å²) in [7, 11) is 1.22. The van der Waals surface area contributed by atoms with Crippen LogP contribution >= 0.6 is 0 Å². The molecule has 1 rings (SSSR count). The van der Waals surface area contributed by atoms with Crippen LogP contribution in [0.25, 0.3) is 0 Å². The second kappa shape index (κ2) is 4.04. The third-order valence-corrected chi connectivity index (χ3v) is 1.70. The SMILES string of the molecule is COc1cccc(C(F)C(=O)O)c1F. The smallest absolute Gasteiger partial charge is 0.343 e. The zero-order chi connectivity index (χ0) is 10.7. The molecule has 1 unspecified atom stereocenters. The minimum absolute atomic E-state index is 0.175. The van der Waals surface area contributed by atoms with Crippen molar-refractivity contribution in [2.45, 2.75) is 6.17 Å². The van der Waals surface area contributed by atoms with Crippen molar-refractivity contribution in [1.29, 1.82) is 0 Å². The maximum Gasteiger partial charge on any atom is 0.343 e. The second-order valence-electron chi connectivity index (χ2n) is 2.56. The number of benzene rings is 1. The van der Waals surface area contributed by atoms with Gasteiger partial charge in [0.15, 0.2) is 11.6 Å². The molecule has 0 saturated carbocycles. The van der Waals surface area contributed by atoms with Crippen molar-refractivity contribution in [2.24, 2.45) is 0 Å². The number of ether oxygens (including phenoxy) is 1. The zero-order valence-electron chi connectivity index (χ0n) is 7.33. The highest BCUT2D eigenvalue weighted by molar-refractivity contribution is 5.74. The second-order valence-corrected chi connectivity index (χ2v) is 2.56. The number of carboxylic acid groups (broad SMARTS) is 1. The van der Waals surface area contributed by atoms with Gasteiger partial charge in [-0.3, -0.25) is 0 Å². The number of hydrogen-bond acceptors (Lipinski definition) is 2. The standard InChI is InChI=1S/C9H8F2O3/c1-14-6-4-2-3-5(7(6)10)8(11)9(12)13/h2-4,8H,1H3,(H,12,13). The number of rotatable bonds is 3. The van der Waals surface area contributed by atoms with Gasteiger partial charge in [-0.15, -0.1) is 0 Å². The molecule has 0 heterocycles. The molecule has 0 spiro atoms. The summed E-state index contributed by atoms with van der Waals surface area (Å²) in [6, 6.07) is 3.68. The molecule has 76 valence electrons. The van der Waals surface area contributed by atoms with Crippen molar-refractivity contribution in [2.75, 3.05) is 7.11 Å². The molecule has 1 aromatic rings. The van der Waals surface area contributed by atoms with E-state index in [0.29, 0.717) is 0 Å². The first kappa shape index (κ1) is 10.4. The molecular weight excluding hydrogens is 194 g/mol. The molecule has 0 amide bonds. The largest absolute Gasteiger partial charge is 0.494 e. The molecule has 0 bridgehead atoms. The van der Waals surface area contributed by atoms with Crippen LogP contribution in [-0.4, -0.2) is 18.2 Å². The first-order chi connectivity index (χ1) is 6.57. The van der Waals surface area contributed by atoms with Crippen LogP contribution in [0.2, 0.25) is 0 Å². The quantitative estimate of drug-likeness (QED) is 0.814. The van der Waals surface area contributed by atoms with Crippen LogP contribution in [0, 0.1) is 5.82 Å². The van der Waals surface area contributed by atoms with Gasteiger partial charge in [0, 0.05) is 5.56 Å². The number of methoxy groups -OCH3 is 1. The molecular formula is C9H8F2O3. The Kier molecular flexibility index (Phi) is 3.01. The lowest BCUT2D eigenvalue weighted by molar-refractivity contribution is -0.143. The maximum absolute atomic E-state index is 13.3. The third-order valence-electron chi connectivity index (χ3n) is 1.70. The van der Waals surface area contributed by atoms with E-state index in [1.54, 1.807) is 0 Å². The van der Waals surface area contributed by atoms with Gasteiger partial charge in [0.2, 0.25) is 6.17 Å². The van der Waals surface area contributed by atoms with E-state index in [1.165, 1.54) is 19.2 Å². The Balaban J connectivity index is 3.15. The van der Waals surface area contributed by atoms with E-state index in [1.807, 2.05) is 0 Å². The molecule has 3 nitrogen and oxygen atoms in total. The molecule has 14 heavy (non-hydrogen) atoms. The summed E-state index contributed by atoms with van der Waals surface area (Å²) < 4.78 is 30.8. The highest BCUT2D eigenvalue weighted by atomic mass is 19.1. The van der Waals surface area contributed by atoms with E-state index in [-0.39, 0.29) is 5.75 Å². The van der Waals surface area contributed by atoms with Gasteiger partial charge in [-0.1, -0.05) is 12.1 Å². The van der Waals surface area contributed by atoms with Gasteiger partial charge in [-0.2, -0.15) is 0 Å². The summed E-state index contributed by atoms with van der Waals surface area (Å²) in [6.45, 7) is 0. The van der Waals surface area contributed by atoms with Crippen LogP contribution in [0.15, 0.2) is 18.2 Å². The van der Waals surface area contributed by atoms with E-state index in [0.717, 1.165) is 6.07 Å². The Morgan fingerprint density at radius 1 is 1.57 bits per heavy atom. The first-order valence-electron chi connectivity index (χ1n) is 3.77. The van der Waals surface area contributed by atoms with Gasteiger partial charge in [0.25, 0.3) is 0 Å². The Hall–Kier alpha value is -1.65. The van der Waals surface area contributed by atoms with Crippen LogP contribution < -0.4 is 4.74 Å². The van der Waals surface area contributed by atoms with Crippen LogP contribution in [0.3, 0.4) is 0 Å². The summed E-state index contributed by atoms with van der Waals surface area (Å²) >= 11 is 0. The zero-order valence-corrected chi connectivity index (χ0v) is 7.33. The molecule has 1 atom stereocenters. The van der Waals surface area contributed by atoms with E-state index in [2.05, 4.69) is 4.74 Å². The van der Waals surface area contributed by atoms with Crippen LogP contribution in [0.4, 0.5) is 8.78 Å². The first-order valence-corrected chi connectivity index (χ1v) is 3.77. The maximum atomic E-state index is 13.3. The molecule has 1 aromatic carbocycles. The fourth-order valence-electron chi connectivity index (χ4n) is 1.01. The van der Waals surface area contributed by atoms with E-state index < -0.39 is 23.5 Å². The average molecular weight is 202 g/mol. The van der Waals surface area contributed by atoms with Gasteiger partial charge in [0.1, 0.15) is 0 Å². The summed E-state index contributed by atoms with van der Waals surface area (Å²) in [6.07, 6.45) is -2.37. The number of halogens is 2. The van der Waals surface area contributed by atoms with Crippen LogP contribution in [0.5, 0.6) is 5.75 Å². The Morgan fingerprint density at radius 3 is 2.71 bits per heavy atom. The Bertz CT molecular complexity index is 352. The predicted molar refractivity (Wildman–Crippen MR) is 44.4 cm³/mol. The van der Waals surface area contributed by atoms with Gasteiger partial charge in [-0.05, 0) is 6.07 Å². The van der Waals surface area contributed by atoms with Crippen LogP contribution in [0.1, 0.15) is 11.7 Å². The molecule has 0 fully saturated rings. The van der Waals surface area contributed by atoms with Crippen molar-refractivity contribution in [1.82, 2.24) is 0 Å². The molecule has 1 N–H and O–H groups in total. The summed E-state index contributed by atoms with van der Waals surface area (Å²) in [5.41, 5.74) is -0.531. The third kappa shape index (κ3) is 1.81. The Labute approximate surface area is 78.9 Å². The highest BCUT2D eigenvalue weighted by Crippen LogP contribution is 2.27. The topological polar surface area (TPSA) is 46.5 Å². The lowest BCUT2D eigenvalue weighted by Gasteiger charge is -2.07. The number of carbonyl (C=O) groups is 1. The molecule has 0 aromatic heterocycles. The molecule has 0 radical (unpaired) electrons. The van der Waals surface area contributed by atoms with E-state index in [4.69, 9.17) is 5.11 Å². The minimum Gasteiger partial charge on any atom is -0.494 e. The number of alkyl halides is 1. The van der Waals surface area contributed by atoms with Gasteiger partial charge >= 0.3 is 5.97 Å². The summed E-state index contributed by atoms with van der Waals surface area (Å²) in [5, 5.41) is 8.34. The van der Waals surface area contributed by atoms with Gasteiger partial charge in [0.05, 0.1) is 7.11 Å². The number of hydrogen-bond donors (Lipinski definition) is 1. The molecule has 5 heteroatoms. The molecule has 0 saturated heterocycles. The lowest BCUT2D eigenvalue weighted by atomic mass is 10.1. The molecule has 0 aliphatic heterocycles. The van der Waals surface area contributed by atoms with Crippen LogP contribution in [-0.2, 0) is 4.79 Å². The van der Waals surface area contributed by atoms with Gasteiger partial charge < -0.3 is 9.84 Å². The normalized spacial score (nSPS) is 12.2. The summed E-state index contributed by atoms with van der Waals surface area (Å²) in [4.78, 5) is 10.3. The molecule has 0 aliphatic carbocycles. The lowest BCUT2D eigenvalue weighted by Crippen LogP contribution is -2.08.